The summed E-state index contributed by atoms with van der Waals surface area (Å²) in [5, 5.41) is 8.89. The van der Waals surface area contributed by atoms with Gasteiger partial charge in [-0.25, -0.2) is 0 Å². The predicted octanol–water partition coefficient (Wildman–Crippen LogP) is 2.09. The minimum atomic E-state index is -0.930. The number of carbonyl (C=O) groups is 1. The fraction of sp³-hybridized carbons (Fsp3) is 0.889. The summed E-state index contributed by atoms with van der Waals surface area (Å²) < 4.78 is 0. The second kappa shape index (κ2) is 5.60. The number of aliphatic carboxylic acids is 1. The van der Waals surface area contributed by atoms with E-state index < -0.39 is 11.5 Å². The van der Waals surface area contributed by atoms with Gasteiger partial charge in [0.2, 0.25) is 0 Å². The Morgan fingerprint density at radius 3 is 1.85 bits per heavy atom. The van der Waals surface area contributed by atoms with Crippen molar-refractivity contribution in [3.8, 4) is 0 Å². The molecule has 0 atom stereocenters. The van der Waals surface area contributed by atoms with Crippen molar-refractivity contribution in [1.29, 1.82) is 0 Å². The number of hydrogen-bond acceptors (Lipinski definition) is 2. The molecule has 4 heteroatoms. The molecule has 0 saturated heterocycles. The number of rotatable bonds is 1. The summed E-state index contributed by atoms with van der Waals surface area (Å²) in [4.78, 5) is 10.8. The van der Waals surface area contributed by atoms with Gasteiger partial charge in [-0.1, -0.05) is 32.1 Å². The molecule has 0 bridgehead atoms. The highest BCUT2D eigenvalue weighted by Crippen LogP contribution is 2.24. The molecule has 0 radical (unpaired) electrons. The van der Waals surface area contributed by atoms with Crippen molar-refractivity contribution < 1.29 is 9.90 Å². The number of carboxylic acids is 1. The van der Waals surface area contributed by atoms with Gasteiger partial charge in [-0.05, 0) is 12.8 Å². The molecule has 3 nitrogen and oxygen atoms in total. The molecule has 0 aromatic carbocycles. The van der Waals surface area contributed by atoms with Gasteiger partial charge < -0.3 is 10.8 Å². The van der Waals surface area contributed by atoms with Crippen LogP contribution in [0.5, 0.6) is 0 Å². The lowest BCUT2D eigenvalue weighted by molar-refractivity contribution is -0.144. The van der Waals surface area contributed by atoms with Gasteiger partial charge >= 0.3 is 5.97 Å². The molecule has 78 valence electrons. The summed E-state index contributed by atoms with van der Waals surface area (Å²) in [6.07, 6.45) is 6.70. The van der Waals surface area contributed by atoms with E-state index >= 15 is 0 Å². The Kier molecular flexibility index (Phi) is 5.56. The Bertz CT molecular complexity index is 165. The topological polar surface area (TPSA) is 63.3 Å². The monoisotopic (exact) mass is 251 g/mol. The highest BCUT2D eigenvalue weighted by molar-refractivity contribution is 8.93. The third-order valence-corrected chi connectivity index (χ3v) is 2.67. The van der Waals surface area contributed by atoms with Crippen LogP contribution in [0.3, 0.4) is 0 Å². The van der Waals surface area contributed by atoms with E-state index in [0.29, 0.717) is 12.8 Å². The first kappa shape index (κ1) is 12.9. The Morgan fingerprint density at radius 2 is 1.46 bits per heavy atom. The second-order valence-electron chi connectivity index (χ2n) is 3.73. The standard InChI is InChI=1S/C9H17NO2.BrH/c10-9(8(11)12)6-4-2-1-3-5-7-9;/h1-7,10H2,(H,11,12);1H. The van der Waals surface area contributed by atoms with E-state index in [1.165, 1.54) is 6.42 Å². The zero-order valence-corrected chi connectivity index (χ0v) is 9.50. The third-order valence-electron chi connectivity index (χ3n) is 2.67. The van der Waals surface area contributed by atoms with Crippen LogP contribution in [-0.4, -0.2) is 16.6 Å². The lowest BCUT2D eigenvalue weighted by Gasteiger charge is -2.26. The average molecular weight is 252 g/mol. The molecule has 1 aliphatic rings. The van der Waals surface area contributed by atoms with Gasteiger partial charge in [0.05, 0.1) is 0 Å². The normalized spacial score (nSPS) is 22.2. The molecule has 1 fully saturated rings. The van der Waals surface area contributed by atoms with Gasteiger partial charge in [0.1, 0.15) is 5.54 Å². The first-order valence-electron chi connectivity index (χ1n) is 4.67. The van der Waals surface area contributed by atoms with E-state index in [-0.39, 0.29) is 17.0 Å². The fourth-order valence-electron chi connectivity index (χ4n) is 1.75. The van der Waals surface area contributed by atoms with Crippen molar-refractivity contribution >= 4 is 23.0 Å². The molecule has 13 heavy (non-hydrogen) atoms. The van der Waals surface area contributed by atoms with Crippen molar-refractivity contribution in [1.82, 2.24) is 0 Å². The molecule has 0 unspecified atom stereocenters. The maximum absolute atomic E-state index is 10.8. The van der Waals surface area contributed by atoms with Gasteiger partial charge in [0, 0.05) is 0 Å². The van der Waals surface area contributed by atoms with Crippen LogP contribution < -0.4 is 5.73 Å². The Morgan fingerprint density at radius 1 is 1.08 bits per heavy atom. The van der Waals surface area contributed by atoms with Gasteiger partial charge in [0.25, 0.3) is 0 Å². The van der Waals surface area contributed by atoms with E-state index in [1.54, 1.807) is 0 Å². The van der Waals surface area contributed by atoms with E-state index in [1.807, 2.05) is 0 Å². The zero-order valence-electron chi connectivity index (χ0n) is 7.79. The van der Waals surface area contributed by atoms with Gasteiger partial charge in [0.15, 0.2) is 0 Å². The molecule has 3 N–H and O–H groups in total. The van der Waals surface area contributed by atoms with Crippen LogP contribution in [0, 0.1) is 0 Å². The van der Waals surface area contributed by atoms with Crippen molar-refractivity contribution in [3.63, 3.8) is 0 Å². The molecule has 1 aliphatic carbocycles. The van der Waals surface area contributed by atoms with Gasteiger partial charge in [-0.2, -0.15) is 0 Å². The quantitative estimate of drug-likeness (QED) is 0.751. The maximum atomic E-state index is 10.8. The summed E-state index contributed by atoms with van der Waals surface area (Å²) in [7, 11) is 0. The first-order chi connectivity index (χ1) is 5.65. The Balaban J connectivity index is 0.00000144. The van der Waals surface area contributed by atoms with Gasteiger partial charge in [-0.15, -0.1) is 17.0 Å². The molecule has 0 spiro atoms. The average Bonchev–Trinajstić information content (AvgIpc) is 1.97. The first-order valence-corrected chi connectivity index (χ1v) is 4.67. The highest BCUT2D eigenvalue weighted by Gasteiger charge is 2.33. The van der Waals surface area contributed by atoms with E-state index in [9.17, 15) is 4.79 Å². The lowest BCUT2D eigenvalue weighted by Crippen LogP contribution is -2.48. The minimum Gasteiger partial charge on any atom is -0.480 e. The summed E-state index contributed by atoms with van der Waals surface area (Å²) >= 11 is 0. The number of nitrogens with two attached hydrogens (primary N) is 1. The van der Waals surface area contributed by atoms with Crippen LogP contribution in [0.15, 0.2) is 0 Å². The molecular formula is C9H18BrNO2. The molecule has 1 saturated carbocycles. The van der Waals surface area contributed by atoms with Crippen LogP contribution >= 0.6 is 17.0 Å². The summed E-state index contributed by atoms with van der Waals surface area (Å²) in [5.74, 6) is -0.829. The molecule has 0 aromatic heterocycles. The lowest BCUT2D eigenvalue weighted by atomic mass is 9.85. The molecular weight excluding hydrogens is 234 g/mol. The predicted molar refractivity (Wildman–Crippen MR) is 57.2 cm³/mol. The summed E-state index contributed by atoms with van der Waals surface area (Å²) in [6, 6.07) is 0. The van der Waals surface area contributed by atoms with Crippen molar-refractivity contribution in [2.24, 2.45) is 5.73 Å². The molecule has 0 amide bonds. The van der Waals surface area contributed by atoms with Gasteiger partial charge in [-0.3, -0.25) is 4.79 Å². The summed E-state index contributed by atoms with van der Waals surface area (Å²) in [5.41, 5.74) is 4.84. The van der Waals surface area contributed by atoms with Crippen LogP contribution in [0.1, 0.15) is 44.9 Å². The fourth-order valence-corrected chi connectivity index (χ4v) is 1.75. The Labute approximate surface area is 89.5 Å². The minimum absolute atomic E-state index is 0. The van der Waals surface area contributed by atoms with E-state index in [4.69, 9.17) is 10.8 Å². The second-order valence-corrected chi connectivity index (χ2v) is 3.73. The van der Waals surface area contributed by atoms with Crippen molar-refractivity contribution in [3.05, 3.63) is 0 Å². The molecule has 0 aliphatic heterocycles. The summed E-state index contributed by atoms with van der Waals surface area (Å²) in [6.45, 7) is 0. The largest absolute Gasteiger partial charge is 0.480 e. The van der Waals surface area contributed by atoms with E-state index in [2.05, 4.69) is 0 Å². The van der Waals surface area contributed by atoms with Crippen molar-refractivity contribution in [2.75, 3.05) is 0 Å². The number of carboxylic acid groups (broad SMARTS) is 1. The molecule has 0 heterocycles. The highest BCUT2D eigenvalue weighted by atomic mass is 79.9. The smallest absolute Gasteiger partial charge is 0.323 e. The Hall–Kier alpha value is -0.0900. The maximum Gasteiger partial charge on any atom is 0.323 e. The third kappa shape index (κ3) is 3.65. The molecule has 0 aromatic rings. The van der Waals surface area contributed by atoms with Crippen molar-refractivity contribution in [2.45, 2.75) is 50.5 Å². The van der Waals surface area contributed by atoms with E-state index in [0.717, 1.165) is 25.7 Å². The van der Waals surface area contributed by atoms with Crippen LogP contribution in [-0.2, 0) is 4.79 Å². The zero-order chi connectivity index (χ0) is 9.03. The van der Waals surface area contributed by atoms with Crippen LogP contribution in [0.25, 0.3) is 0 Å². The number of hydrogen-bond donors (Lipinski definition) is 2. The molecule has 1 rings (SSSR count). The SMILES string of the molecule is Br.NC1(C(=O)O)CCCCCCC1. The van der Waals surface area contributed by atoms with Crippen LogP contribution in [0.2, 0.25) is 0 Å². The van der Waals surface area contributed by atoms with Crippen LogP contribution in [0.4, 0.5) is 0 Å². The number of halogens is 1.